The van der Waals surface area contributed by atoms with E-state index in [1.165, 1.54) is 0 Å². The van der Waals surface area contributed by atoms with Crippen LogP contribution < -0.4 is 0 Å². The number of sulfone groups is 1. The third-order valence-corrected chi connectivity index (χ3v) is 9.42. The number of carbonyl (C=O) groups excluding carboxylic acids is 1. The van der Waals surface area contributed by atoms with Gasteiger partial charge in [0, 0.05) is 18.7 Å². The van der Waals surface area contributed by atoms with E-state index in [1.807, 2.05) is 12.1 Å². The zero-order valence-corrected chi connectivity index (χ0v) is 16.9. The first-order chi connectivity index (χ1) is 13.9. The molecule has 29 heavy (non-hydrogen) atoms. The number of nitrogens with zero attached hydrogens (tertiary/aromatic N) is 4. The molecule has 0 atom stereocenters. The molecule has 8 heteroatoms. The van der Waals surface area contributed by atoms with Crippen LogP contribution in [0.4, 0.5) is 0 Å². The second-order valence-electron chi connectivity index (χ2n) is 8.39. The molecule has 1 aromatic carbocycles. The highest BCUT2D eigenvalue weighted by molar-refractivity contribution is 7.94. The van der Waals surface area contributed by atoms with Crippen molar-refractivity contribution in [1.82, 2.24) is 14.7 Å². The van der Waals surface area contributed by atoms with Gasteiger partial charge in [0.05, 0.1) is 34.4 Å². The Hall–Kier alpha value is -2.66. The van der Waals surface area contributed by atoms with Gasteiger partial charge in [-0.2, -0.15) is 10.4 Å². The number of hydrogen-bond acceptors (Lipinski definition) is 5. The lowest BCUT2D eigenvalue weighted by Crippen LogP contribution is -2.46. The van der Waals surface area contributed by atoms with Crippen LogP contribution in [0, 0.1) is 11.3 Å². The summed E-state index contributed by atoms with van der Waals surface area (Å²) in [5, 5.41) is 13.2. The van der Waals surface area contributed by atoms with Crippen LogP contribution >= 0.6 is 0 Å². The van der Waals surface area contributed by atoms with Crippen LogP contribution in [-0.4, -0.2) is 52.1 Å². The number of fused-ring (bicyclic) bond motifs is 1. The maximum absolute atomic E-state index is 13.2. The lowest BCUT2D eigenvalue weighted by molar-refractivity contribution is 0.0723. The van der Waals surface area contributed by atoms with Gasteiger partial charge in [-0.05, 0) is 49.8 Å². The maximum atomic E-state index is 13.2. The third-order valence-electron chi connectivity index (χ3n) is 6.32. The fraction of sp³-hybridized carbons (Fsp3) is 0.476. The van der Waals surface area contributed by atoms with Gasteiger partial charge in [0.15, 0.2) is 9.84 Å². The molecule has 1 amide bonds. The van der Waals surface area contributed by atoms with Crippen molar-refractivity contribution >= 4 is 15.7 Å². The molecule has 2 aromatic rings. The largest absolute Gasteiger partial charge is 0.335 e. The molecule has 0 unspecified atom stereocenters. The summed E-state index contributed by atoms with van der Waals surface area (Å²) in [6.45, 7) is 1.27. The highest BCUT2D eigenvalue weighted by Gasteiger charge is 2.60. The minimum absolute atomic E-state index is 0.130. The number of nitriles is 1. The number of aromatic nitrogens is 2. The monoisotopic (exact) mass is 410 g/mol. The maximum Gasteiger partial charge on any atom is 0.272 e. The molecule has 0 spiro atoms. The van der Waals surface area contributed by atoms with Crippen molar-refractivity contribution in [2.45, 2.75) is 48.6 Å². The predicted molar refractivity (Wildman–Crippen MR) is 106 cm³/mol. The Balaban J connectivity index is 1.37. The molecule has 5 rings (SSSR count). The first-order valence-electron chi connectivity index (χ1n) is 10.00. The van der Waals surface area contributed by atoms with Crippen molar-refractivity contribution < 1.29 is 13.2 Å². The summed E-state index contributed by atoms with van der Waals surface area (Å²) in [5.74, 6) is -0.130. The van der Waals surface area contributed by atoms with Crippen molar-refractivity contribution in [3.8, 4) is 6.07 Å². The number of amides is 1. The van der Waals surface area contributed by atoms with Crippen LogP contribution in [0.15, 0.2) is 30.5 Å². The van der Waals surface area contributed by atoms with E-state index in [2.05, 4.69) is 11.2 Å². The second-order valence-corrected chi connectivity index (χ2v) is 11.0. The van der Waals surface area contributed by atoms with E-state index in [0.717, 1.165) is 24.0 Å². The van der Waals surface area contributed by atoms with E-state index in [9.17, 15) is 13.2 Å². The summed E-state index contributed by atoms with van der Waals surface area (Å²) in [6.07, 6.45) is 5.27. The Labute approximate surface area is 169 Å². The molecule has 2 saturated carbocycles. The summed E-state index contributed by atoms with van der Waals surface area (Å²) in [7, 11) is -3.15. The van der Waals surface area contributed by atoms with Crippen molar-refractivity contribution in [2.75, 3.05) is 13.1 Å². The first kappa shape index (κ1) is 18.4. The molecule has 7 nitrogen and oxygen atoms in total. The minimum atomic E-state index is -3.15. The molecule has 2 fully saturated rings. The smallest absolute Gasteiger partial charge is 0.272 e. The van der Waals surface area contributed by atoms with Gasteiger partial charge in [0.2, 0.25) is 0 Å². The van der Waals surface area contributed by atoms with Gasteiger partial charge in [0.1, 0.15) is 5.69 Å². The van der Waals surface area contributed by atoms with Gasteiger partial charge in [-0.25, -0.2) is 8.42 Å². The molecule has 0 saturated heterocycles. The number of hydrogen-bond donors (Lipinski definition) is 0. The fourth-order valence-corrected chi connectivity index (χ4v) is 6.71. The first-order valence-corrected chi connectivity index (χ1v) is 11.5. The normalized spacial score (nSPS) is 20.2. The van der Waals surface area contributed by atoms with Crippen molar-refractivity contribution in [3.05, 3.63) is 52.8 Å². The van der Waals surface area contributed by atoms with Crippen LogP contribution in [0.1, 0.15) is 52.9 Å². The Morgan fingerprint density at radius 3 is 2.55 bits per heavy atom. The standard InChI is InChI=1S/C21H22N4O3S/c22-11-15-1-3-16(4-2-15)13-25-19-17(12-23-25)7-10-24(20(19)26)14-21(8-9-21)29(27,28)18-5-6-18/h1-4,12,18H,5-10,13-14H2. The number of benzene rings is 1. The molecule has 1 aromatic heterocycles. The lowest BCUT2D eigenvalue weighted by Gasteiger charge is -2.31. The fourth-order valence-electron chi connectivity index (χ4n) is 4.24. The van der Waals surface area contributed by atoms with Crippen LogP contribution in [-0.2, 0) is 22.8 Å². The summed E-state index contributed by atoms with van der Waals surface area (Å²) in [6, 6.07) is 9.31. The molecule has 3 aliphatic rings. The minimum Gasteiger partial charge on any atom is -0.335 e. The Morgan fingerprint density at radius 1 is 1.21 bits per heavy atom. The summed E-state index contributed by atoms with van der Waals surface area (Å²) >= 11 is 0. The van der Waals surface area contributed by atoms with Crippen LogP contribution in [0.25, 0.3) is 0 Å². The zero-order chi connectivity index (χ0) is 20.2. The Morgan fingerprint density at radius 2 is 1.93 bits per heavy atom. The van der Waals surface area contributed by atoms with Gasteiger partial charge in [0.25, 0.3) is 5.91 Å². The highest BCUT2D eigenvalue weighted by Crippen LogP contribution is 2.50. The zero-order valence-electron chi connectivity index (χ0n) is 16.0. The Bertz CT molecular complexity index is 1120. The predicted octanol–water partition coefficient (Wildman–Crippen LogP) is 1.91. The van der Waals surface area contributed by atoms with E-state index in [4.69, 9.17) is 5.26 Å². The second kappa shape index (κ2) is 6.42. The topological polar surface area (TPSA) is 96.1 Å². The summed E-state index contributed by atoms with van der Waals surface area (Å²) < 4.78 is 26.6. The van der Waals surface area contributed by atoms with Crippen LogP contribution in [0.5, 0.6) is 0 Å². The molecule has 0 bridgehead atoms. The number of carbonyl (C=O) groups is 1. The van der Waals surface area contributed by atoms with Crippen molar-refractivity contribution in [1.29, 1.82) is 5.26 Å². The lowest BCUT2D eigenvalue weighted by atomic mass is 10.1. The van der Waals surface area contributed by atoms with E-state index in [-0.39, 0.29) is 11.2 Å². The molecule has 2 aliphatic carbocycles. The van der Waals surface area contributed by atoms with Gasteiger partial charge >= 0.3 is 0 Å². The average molecular weight is 410 g/mol. The van der Waals surface area contributed by atoms with E-state index >= 15 is 0 Å². The molecular weight excluding hydrogens is 388 g/mol. The highest BCUT2D eigenvalue weighted by atomic mass is 32.2. The molecule has 150 valence electrons. The Kier molecular flexibility index (Phi) is 4.07. The number of rotatable bonds is 6. The SMILES string of the molecule is N#Cc1ccc(Cn2ncc3c2C(=O)N(CC2(S(=O)(=O)C4CC4)CC2)CC3)cc1. The average Bonchev–Trinajstić information content (AvgIpc) is 3.63. The van der Waals surface area contributed by atoms with E-state index in [1.54, 1.807) is 27.9 Å². The van der Waals surface area contributed by atoms with E-state index in [0.29, 0.717) is 50.2 Å². The summed E-state index contributed by atoms with van der Waals surface area (Å²) in [5.41, 5.74) is 3.01. The molecule has 0 N–H and O–H groups in total. The summed E-state index contributed by atoms with van der Waals surface area (Å²) in [4.78, 5) is 14.9. The van der Waals surface area contributed by atoms with Crippen molar-refractivity contribution in [3.63, 3.8) is 0 Å². The molecule has 1 aliphatic heterocycles. The van der Waals surface area contributed by atoms with Crippen LogP contribution in [0.3, 0.4) is 0 Å². The van der Waals surface area contributed by atoms with Gasteiger partial charge in [-0.3, -0.25) is 9.48 Å². The van der Waals surface area contributed by atoms with Gasteiger partial charge < -0.3 is 4.90 Å². The third kappa shape index (κ3) is 3.04. The van der Waals surface area contributed by atoms with Gasteiger partial charge in [-0.1, -0.05) is 12.1 Å². The molecule has 2 heterocycles. The molecule has 0 radical (unpaired) electrons. The van der Waals surface area contributed by atoms with Crippen LogP contribution in [0.2, 0.25) is 0 Å². The molecular formula is C21H22N4O3S. The van der Waals surface area contributed by atoms with E-state index < -0.39 is 14.6 Å². The van der Waals surface area contributed by atoms with Crippen molar-refractivity contribution in [2.24, 2.45) is 0 Å². The quantitative estimate of drug-likeness (QED) is 0.725. The van der Waals surface area contributed by atoms with Gasteiger partial charge in [-0.15, -0.1) is 0 Å².